The number of aromatic nitrogens is 2. The van der Waals surface area contributed by atoms with E-state index >= 15 is 0 Å². The molecule has 0 saturated carbocycles. The van der Waals surface area contributed by atoms with Crippen molar-refractivity contribution in [3.05, 3.63) is 46.5 Å². The Morgan fingerprint density at radius 3 is 2.89 bits per heavy atom. The summed E-state index contributed by atoms with van der Waals surface area (Å²) >= 11 is 3.37. The fraction of sp³-hybridized carbons (Fsp3) is 0.231. The van der Waals surface area contributed by atoms with Gasteiger partial charge in [-0.25, -0.2) is 4.98 Å². The maximum atomic E-state index is 12.2. The third-order valence-electron chi connectivity index (χ3n) is 2.69. The molecule has 0 atom stereocenters. The monoisotopic (exact) mass is 323 g/mol. The minimum absolute atomic E-state index is 0.0697. The van der Waals surface area contributed by atoms with Crippen molar-refractivity contribution in [2.24, 2.45) is 0 Å². The van der Waals surface area contributed by atoms with Gasteiger partial charge in [0.1, 0.15) is 11.6 Å². The number of carbonyl (C=O) groups excluding carboxylic acids is 1. The normalized spacial score (nSPS) is 10.3. The molecule has 0 bridgehead atoms. The van der Waals surface area contributed by atoms with E-state index in [4.69, 9.17) is 4.74 Å². The molecule has 0 fully saturated rings. The summed E-state index contributed by atoms with van der Waals surface area (Å²) in [6.45, 7) is 0.440. The highest BCUT2D eigenvalue weighted by molar-refractivity contribution is 9.10. The van der Waals surface area contributed by atoms with E-state index in [1.54, 1.807) is 49.7 Å². The van der Waals surface area contributed by atoms with Gasteiger partial charge in [0.2, 0.25) is 0 Å². The first-order chi connectivity index (χ1) is 9.11. The second kappa shape index (κ2) is 5.88. The number of ether oxygens (including phenoxy) is 1. The Kier molecular flexibility index (Phi) is 4.21. The van der Waals surface area contributed by atoms with Crippen LogP contribution in [0.5, 0.6) is 5.75 Å². The van der Waals surface area contributed by atoms with E-state index in [1.165, 1.54) is 0 Å². The number of aromatic amines is 1. The first kappa shape index (κ1) is 13.6. The van der Waals surface area contributed by atoms with Crippen molar-refractivity contribution in [1.29, 1.82) is 0 Å². The molecule has 100 valence electrons. The van der Waals surface area contributed by atoms with Crippen molar-refractivity contribution < 1.29 is 9.53 Å². The van der Waals surface area contributed by atoms with Gasteiger partial charge in [-0.2, -0.15) is 0 Å². The Bertz CT molecular complexity index is 569. The fourth-order valence-electron chi connectivity index (χ4n) is 1.70. The molecule has 2 aromatic rings. The molecular weight excluding hydrogens is 310 g/mol. The molecular formula is C13H14BrN3O2. The largest absolute Gasteiger partial charge is 0.496 e. The van der Waals surface area contributed by atoms with Crippen LogP contribution in [0.15, 0.2) is 35.1 Å². The molecule has 1 aromatic heterocycles. The summed E-state index contributed by atoms with van der Waals surface area (Å²) in [6.07, 6.45) is 3.40. The third kappa shape index (κ3) is 3.14. The number of imidazole rings is 1. The molecule has 0 saturated heterocycles. The number of benzene rings is 1. The average Bonchev–Trinajstić information content (AvgIpc) is 2.90. The SMILES string of the molecule is COc1ccc(C(=O)N(C)Cc2ncc[nH]2)cc1Br. The molecule has 5 nitrogen and oxygen atoms in total. The molecule has 1 aromatic carbocycles. The van der Waals surface area contributed by atoms with Crippen LogP contribution in [0.2, 0.25) is 0 Å². The Balaban J connectivity index is 2.12. The van der Waals surface area contributed by atoms with Crippen LogP contribution in [-0.2, 0) is 6.54 Å². The van der Waals surface area contributed by atoms with Gasteiger partial charge in [0.05, 0.1) is 18.1 Å². The van der Waals surface area contributed by atoms with Gasteiger partial charge in [-0.05, 0) is 34.1 Å². The highest BCUT2D eigenvalue weighted by Crippen LogP contribution is 2.26. The van der Waals surface area contributed by atoms with E-state index in [9.17, 15) is 4.79 Å². The van der Waals surface area contributed by atoms with E-state index < -0.39 is 0 Å². The Morgan fingerprint density at radius 1 is 1.53 bits per heavy atom. The lowest BCUT2D eigenvalue weighted by molar-refractivity contribution is 0.0782. The Labute approximate surface area is 119 Å². The van der Waals surface area contributed by atoms with Crippen molar-refractivity contribution in [3.8, 4) is 5.75 Å². The molecule has 2 rings (SSSR count). The summed E-state index contributed by atoms with van der Waals surface area (Å²) in [7, 11) is 3.33. The maximum Gasteiger partial charge on any atom is 0.254 e. The predicted molar refractivity (Wildman–Crippen MR) is 75.1 cm³/mol. The van der Waals surface area contributed by atoms with Crippen LogP contribution in [0.1, 0.15) is 16.2 Å². The molecule has 0 aliphatic rings. The molecule has 0 radical (unpaired) electrons. The number of rotatable bonds is 4. The fourth-order valence-corrected chi connectivity index (χ4v) is 2.24. The summed E-state index contributed by atoms with van der Waals surface area (Å²) < 4.78 is 5.90. The topological polar surface area (TPSA) is 58.2 Å². The van der Waals surface area contributed by atoms with Gasteiger partial charge in [0, 0.05) is 25.0 Å². The van der Waals surface area contributed by atoms with Crippen molar-refractivity contribution in [1.82, 2.24) is 14.9 Å². The van der Waals surface area contributed by atoms with Gasteiger partial charge in [-0.1, -0.05) is 0 Å². The van der Waals surface area contributed by atoms with Crippen molar-refractivity contribution >= 4 is 21.8 Å². The molecule has 1 heterocycles. The molecule has 1 amide bonds. The minimum Gasteiger partial charge on any atom is -0.496 e. The van der Waals surface area contributed by atoms with Gasteiger partial charge in [0.25, 0.3) is 5.91 Å². The minimum atomic E-state index is -0.0697. The highest BCUT2D eigenvalue weighted by atomic mass is 79.9. The van der Waals surface area contributed by atoms with Crippen LogP contribution < -0.4 is 4.74 Å². The zero-order chi connectivity index (χ0) is 13.8. The van der Waals surface area contributed by atoms with Crippen molar-refractivity contribution in [3.63, 3.8) is 0 Å². The first-order valence-electron chi connectivity index (χ1n) is 5.69. The van der Waals surface area contributed by atoms with Crippen LogP contribution in [0.25, 0.3) is 0 Å². The maximum absolute atomic E-state index is 12.2. The Morgan fingerprint density at radius 2 is 2.32 bits per heavy atom. The van der Waals surface area contributed by atoms with Crippen LogP contribution in [0.4, 0.5) is 0 Å². The summed E-state index contributed by atoms with van der Waals surface area (Å²) in [4.78, 5) is 20.9. The third-order valence-corrected chi connectivity index (χ3v) is 3.31. The first-order valence-corrected chi connectivity index (χ1v) is 6.48. The zero-order valence-electron chi connectivity index (χ0n) is 10.7. The highest BCUT2D eigenvalue weighted by Gasteiger charge is 2.14. The summed E-state index contributed by atoms with van der Waals surface area (Å²) in [5.41, 5.74) is 0.599. The Hall–Kier alpha value is -1.82. The van der Waals surface area contributed by atoms with Gasteiger partial charge in [0.15, 0.2) is 0 Å². The molecule has 0 aliphatic carbocycles. The number of nitrogens with zero attached hydrogens (tertiary/aromatic N) is 2. The lowest BCUT2D eigenvalue weighted by atomic mass is 10.2. The number of nitrogens with one attached hydrogen (secondary N) is 1. The summed E-state index contributed by atoms with van der Waals surface area (Å²) in [5, 5.41) is 0. The summed E-state index contributed by atoms with van der Waals surface area (Å²) in [6, 6.07) is 5.25. The lowest BCUT2D eigenvalue weighted by Crippen LogP contribution is -2.26. The predicted octanol–water partition coefficient (Wildman–Crippen LogP) is 2.45. The molecule has 0 aliphatic heterocycles. The molecule has 1 N–H and O–H groups in total. The van der Waals surface area contributed by atoms with E-state index in [2.05, 4.69) is 25.9 Å². The van der Waals surface area contributed by atoms with Crippen LogP contribution in [0.3, 0.4) is 0 Å². The van der Waals surface area contributed by atoms with Gasteiger partial charge in [-0.3, -0.25) is 4.79 Å². The molecule has 6 heteroatoms. The quantitative estimate of drug-likeness (QED) is 0.940. The molecule has 0 spiro atoms. The molecule has 19 heavy (non-hydrogen) atoms. The number of hydrogen-bond acceptors (Lipinski definition) is 3. The van der Waals surface area contributed by atoms with E-state index in [0.29, 0.717) is 17.9 Å². The smallest absolute Gasteiger partial charge is 0.254 e. The number of amides is 1. The average molecular weight is 324 g/mol. The van der Waals surface area contributed by atoms with Crippen molar-refractivity contribution in [2.75, 3.05) is 14.2 Å². The number of H-pyrrole nitrogens is 1. The van der Waals surface area contributed by atoms with Crippen LogP contribution >= 0.6 is 15.9 Å². The number of halogens is 1. The van der Waals surface area contributed by atoms with Gasteiger partial charge < -0.3 is 14.6 Å². The second-order valence-electron chi connectivity index (χ2n) is 4.05. The number of methoxy groups -OCH3 is 1. The number of hydrogen-bond donors (Lipinski definition) is 1. The zero-order valence-corrected chi connectivity index (χ0v) is 12.3. The number of carbonyl (C=O) groups is 1. The lowest BCUT2D eigenvalue weighted by Gasteiger charge is -2.16. The summed E-state index contributed by atoms with van der Waals surface area (Å²) in [5.74, 6) is 1.38. The second-order valence-corrected chi connectivity index (χ2v) is 4.90. The standard InChI is InChI=1S/C13H14BrN3O2/c1-17(8-12-15-5-6-16-12)13(18)9-3-4-11(19-2)10(14)7-9/h3-7H,8H2,1-2H3,(H,15,16). The van der Waals surface area contributed by atoms with Crippen LogP contribution in [0, 0.1) is 0 Å². The van der Waals surface area contributed by atoms with Crippen molar-refractivity contribution in [2.45, 2.75) is 6.54 Å². The molecule has 0 unspecified atom stereocenters. The van der Waals surface area contributed by atoms with E-state index in [0.717, 1.165) is 10.3 Å². The van der Waals surface area contributed by atoms with E-state index in [1.807, 2.05) is 0 Å². The van der Waals surface area contributed by atoms with Gasteiger partial charge in [-0.15, -0.1) is 0 Å². The van der Waals surface area contributed by atoms with E-state index in [-0.39, 0.29) is 5.91 Å². The van der Waals surface area contributed by atoms with Crippen LogP contribution in [-0.4, -0.2) is 34.9 Å². The van der Waals surface area contributed by atoms with Gasteiger partial charge >= 0.3 is 0 Å².